The highest BCUT2D eigenvalue weighted by Gasteiger charge is 2.43. The molecule has 0 aliphatic heterocycles. The average Bonchev–Trinajstić information content (AvgIpc) is 2.72. The van der Waals surface area contributed by atoms with Crippen LogP contribution >= 0.6 is 0 Å². The predicted molar refractivity (Wildman–Crippen MR) is 74.7 cm³/mol. The van der Waals surface area contributed by atoms with Gasteiger partial charge >= 0.3 is 6.18 Å². The van der Waals surface area contributed by atoms with Gasteiger partial charge in [0.1, 0.15) is 0 Å². The van der Waals surface area contributed by atoms with Crippen LogP contribution in [0.1, 0.15) is 37.3 Å². The molecule has 2 rings (SSSR count). The average molecular weight is 300 g/mol. The van der Waals surface area contributed by atoms with Crippen molar-refractivity contribution < 1.29 is 18.0 Å². The number of nitrogens with one attached hydrogen (secondary N) is 1. The number of hydrogen-bond donors (Lipinski definition) is 2. The highest BCUT2D eigenvalue weighted by Crippen LogP contribution is 2.38. The zero-order valence-electron chi connectivity index (χ0n) is 12.1. The number of carbonyl (C=O) groups excluding carboxylic acids is 1. The molecule has 116 valence electrons. The molecular weight excluding hydrogens is 281 g/mol. The third kappa shape index (κ3) is 3.05. The molecule has 3 nitrogen and oxygen atoms in total. The molecule has 1 aromatic rings. The van der Waals surface area contributed by atoms with Gasteiger partial charge in [0.2, 0.25) is 5.91 Å². The summed E-state index contributed by atoms with van der Waals surface area (Å²) in [6, 6.07) is 3.55. The van der Waals surface area contributed by atoms with Gasteiger partial charge in [0, 0.05) is 11.7 Å². The standard InChI is InChI=1S/C15H19F3N2O/c1-9-5-6-10(8-11(9)15(16,17)18)20-13(21)14(2)7-3-4-12(14)19/h5-6,8,12H,3-4,7,19H2,1-2H3,(H,20,21). The molecule has 1 aliphatic rings. The zero-order chi connectivity index (χ0) is 15.8. The minimum atomic E-state index is -4.43. The number of alkyl halides is 3. The van der Waals surface area contributed by atoms with Gasteiger partial charge < -0.3 is 11.1 Å². The fourth-order valence-electron chi connectivity index (χ4n) is 2.75. The molecular formula is C15H19F3N2O. The van der Waals surface area contributed by atoms with Gasteiger partial charge in [0.05, 0.1) is 11.0 Å². The minimum Gasteiger partial charge on any atom is -0.327 e. The van der Waals surface area contributed by atoms with Gasteiger partial charge in [-0.2, -0.15) is 13.2 Å². The Kier molecular flexibility index (Phi) is 4.02. The van der Waals surface area contributed by atoms with Crippen LogP contribution in [0.4, 0.5) is 18.9 Å². The topological polar surface area (TPSA) is 55.1 Å². The van der Waals surface area contributed by atoms with E-state index in [0.29, 0.717) is 6.42 Å². The lowest BCUT2D eigenvalue weighted by atomic mass is 9.84. The largest absolute Gasteiger partial charge is 0.416 e. The van der Waals surface area contributed by atoms with Crippen molar-refractivity contribution in [1.82, 2.24) is 0 Å². The van der Waals surface area contributed by atoms with E-state index in [9.17, 15) is 18.0 Å². The number of aryl methyl sites for hydroxylation is 1. The van der Waals surface area contributed by atoms with E-state index in [-0.39, 0.29) is 23.2 Å². The molecule has 0 aromatic heterocycles. The molecule has 3 N–H and O–H groups in total. The third-order valence-electron chi connectivity index (χ3n) is 4.35. The molecule has 1 amide bonds. The monoisotopic (exact) mass is 300 g/mol. The summed E-state index contributed by atoms with van der Waals surface area (Å²) in [5, 5.41) is 2.58. The van der Waals surface area contributed by atoms with Crippen molar-refractivity contribution in [3.63, 3.8) is 0 Å². The van der Waals surface area contributed by atoms with Crippen LogP contribution in [0.3, 0.4) is 0 Å². The van der Waals surface area contributed by atoms with E-state index in [0.717, 1.165) is 18.9 Å². The number of hydrogen-bond acceptors (Lipinski definition) is 2. The number of benzene rings is 1. The van der Waals surface area contributed by atoms with Gasteiger partial charge in [-0.1, -0.05) is 12.5 Å². The first-order chi connectivity index (χ1) is 9.64. The maximum Gasteiger partial charge on any atom is 0.416 e. The molecule has 6 heteroatoms. The summed E-state index contributed by atoms with van der Waals surface area (Å²) in [6.07, 6.45) is -2.17. The van der Waals surface area contributed by atoms with Crippen LogP contribution in [0.5, 0.6) is 0 Å². The summed E-state index contributed by atoms with van der Waals surface area (Å²) in [7, 11) is 0. The molecule has 1 aliphatic carbocycles. The predicted octanol–water partition coefficient (Wildman–Crippen LogP) is 3.47. The molecule has 0 spiro atoms. The Balaban J connectivity index is 2.23. The molecule has 1 aromatic carbocycles. The van der Waals surface area contributed by atoms with Crippen LogP contribution in [0.2, 0.25) is 0 Å². The van der Waals surface area contributed by atoms with Crippen molar-refractivity contribution in [2.75, 3.05) is 5.32 Å². The molecule has 0 saturated heterocycles. The molecule has 0 bridgehead atoms. The highest BCUT2D eigenvalue weighted by molar-refractivity contribution is 5.96. The van der Waals surface area contributed by atoms with Crippen LogP contribution in [-0.2, 0) is 11.0 Å². The number of anilines is 1. The van der Waals surface area contributed by atoms with E-state index in [1.807, 2.05) is 0 Å². The first kappa shape index (κ1) is 15.8. The van der Waals surface area contributed by atoms with Crippen LogP contribution in [0, 0.1) is 12.3 Å². The summed E-state index contributed by atoms with van der Waals surface area (Å²) < 4.78 is 38.6. The molecule has 1 saturated carbocycles. The fourth-order valence-corrected chi connectivity index (χ4v) is 2.75. The lowest BCUT2D eigenvalue weighted by molar-refractivity contribution is -0.138. The first-order valence-electron chi connectivity index (χ1n) is 6.89. The van der Waals surface area contributed by atoms with Gasteiger partial charge in [-0.3, -0.25) is 4.79 Å². The molecule has 1 fully saturated rings. The van der Waals surface area contributed by atoms with Gasteiger partial charge in [0.15, 0.2) is 0 Å². The summed E-state index contributed by atoms with van der Waals surface area (Å²) in [5.41, 5.74) is 4.78. The van der Waals surface area contributed by atoms with Gasteiger partial charge in [-0.25, -0.2) is 0 Å². The van der Waals surface area contributed by atoms with Crippen molar-refractivity contribution >= 4 is 11.6 Å². The fraction of sp³-hybridized carbons (Fsp3) is 0.533. The number of nitrogens with two attached hydrogens (primary N) is 1. The molecule has 2 atom stereocenters. The smallest absolute Gasteiger partial charge is 0.327 e. The Morgan fingerprint density at radius 3 is 2.62 bits per heavy atom. The highest BCUT2D eigenvalue weighted by atomic mass is 19.4. The lowest BCUT2D eigenvalue weighted by Crippen LogP contribution is -2.44. The summed E-state index contributed by atoms with van der Waals surface area (Å²) in [4.78, 5) is 12.3. The second-order valence-corrected chi connectivity index (χ2v) is 5.90. The minimum absolute atomic E-state index is 0.129. The maximum atomic E-state index is 12.9. The van der Waals surface area contributed by atoms with Gasteiger partial charge in [0.25, 0.3) is 0 Å². The zero-order valence-corrected chi connectivity index (χ0v) is 12.1. The summed E-state index contributed by atoms with van der Waals surface area (Å²) >= 11 is 0. The molecule has 2 unspecified atom stereocenters. The van der Waals surface area contributed by atoms with Gasteiger partial charge in [-0.15, -0.1) is 0 Å². The van der Waals surface area contributed by atoms with E-state index in [1.165, 1.54) is 19.1 Å². The van der Waals surface area contributed by atoms with Crippen molar-refractivity contribution in [2.45, 2.75) is 45.3 Å². The molecule has 0 heterocycles. The third-order valence-corrected chi connectivity index (χ3v) is 4.35. The number of amides is 1. The van der Waals surface area contributed by atoms with Crippen molar-refractivity contribution in [2.24, 2.45) is 11.1 Å². The van der Waals surface area contributed by atoms with Crippen LogP contribution in [-0.4, -0.2) is 11.9 Å². The quantitative estimate of drug-likeness (QED) is 0.878. The summed E-state index contributed by atoms with van der Waals surface area (Å²) in [6.45, 7) is 3.15. The number of halogens is 3. The second kappa shape index (κ2) is 5.33. The Bertz CT molecular complexity index is 556. The van der Waals surface area contributed by atoms with E-state index in [4.69, 9.17) is 5.73 Å². The maximum absolute atomic E-state index is 12.9. The number of carbonyl (C=O) groups is 1. The van der Waals surface area contributed by atoms with E-state index in [1.54, 1.807) is 6.92 Å². The van der Waals surface area contributed by atoms with E-state index < -0.39 is 17.2 Å². The Morgan fingerprint density at radius 2 is 2.10 bits per heavy atom. The van der Waals surface area contributed by atoms with Crippen molar-refractivity contribution in [3.8, 4) is 0 Å². The molecule has 21 heavy (non-hydrogen) atoms. The van der Waals surface area contributed by atoms with E-state index in [2.05, 4.69) is 5.32 Å². The Hall–Kier alpha value is -1.56. The van der Waals surface area contributed by atoms with Crippen molar-refractivity contribution in [1.29, 1.82) is 0 Å². The summed E-state index contributed by atoms with van der Waals surface area (Å²) in [5.74, 6) is -0.315. The van der Waals surface area contributed by atoms with E-state index >= 15 is 0 Å². The molecule has 0 radical (unpaired) electrons. The second-order valence-electron chi connectivity index (χ2n) is 5.90. The number of rotatable bonds is 2. The van der Waals surface area contributed by atoms with Gasteiger partial charge in [-0.05, 0) is 44.4 Å². The first-order valence-corrected chi connectivity index (χ1v) is 6.89. The Morgan fingerprint density at radius 1 is 1.43 bits per heavy atom. The normalized spacial score (nSPS) is 25.9. The van der Waals surface area contributed by atoms with Crippen molar-refractivity contribution in [3.05, 3.63) is 29.3 Å². The van der Waals surface area contributed by atoms with Crippen LogP contribution in [0.15, 0.2) is 18.2 Å². The van der Waals surface area contributed by atoms with Crippen LogP contribution in [0.25, 0.3) is 0 Å². The lowest BCUT2D eigenvalue weighted by Gasteiger charge is -2.27. The Labute approximate surface area is 121 Å². The van der Waals surface area contributed by atoms with Crippen LogP contribution < -0.4 is 11.1 Å². The SMILES string of the molecule is Cc1ccc(NC(=O)C2(C)CCCC2N)cc1C(F)(F)F.